The maximum atomic E-state index is 14.0. The van der Waals surface area contributed by atoms with E-state index in [0.29, 0.717) is 27.1 Å². The molecule has 0 fully saturated rings. The molecule has 0 atom stereocenters. The van der Waals surface area contributed by atoms with Crippen LogP contribution < -0.4 is 0 Å². The van der Waals surface area contributed by atoms with E-state index < -0.39 is 15.7 Å². The molecule has 146 valence electrons. The number of benzene rings is 3. The number of pyridine rings is 1. The number of aromatic nitrogens is 1. The van der Waals surface area contributed by atoms with Gasteiger partial charge < -0.3 is 0 Å². The zero-order chi connectivity index (χ0) is 20.8. The predicted molar refractivity (Wildman–Crippen MR) is 114 cm³/mol. The van der Waals surface area contributed by atoms with Crippen LogP contribution in [0.15, 0.2) is 76.7 Å². The van der Waals surface area contributed by atoms with Crippen LogP contribution in [0.1, 0.15) is 0 Å². The molecule has 4 aromatic rings. The van der Waals surface area contributed by atoms with Crippen molar-refractivity contribution in [1.82, 2.24) is 4.98 Å². The van der Waals surface area contributed by atoms with Gasteiger partial charge in [0, 0.05) is 32.2 Å². The minimum Gasteiger partial charge on any atom is -0.255 e. The van der Waals surface area contributed by atoms with Crippen molar-refractivity contribution >= 4 is 55.5 Å². The smallest absolute Gasteiger partial charge is 0.208 e. The highest BCUT2D eigenvalue weighted by Gasteiger charge is 2.25. The SMILES string of the molecule is O=S(=O)(c1cc(Cl)cc(Cl)c1)c1cnc2ccc(F)cc2c1-c1ccc(Cl)cc1. The third-order valence-corrected chi connectivity index (χ3v) is 6.80. The summed E-state index contributed by atoms with van der Waals surface area (Å²) in [7, 11) is -4.06. The van der Waals surface area contributed by atoms with Crippen molar-refractivity contribution in [3.63, 3.8) is 0 Å². The molecule has 0 N–H and O–H groups in total. The van der Waals surface area contributed by atoms with Gasteiger partial charge in [0.25, 0.3) is 0 Å². The van der Waals surface area contributed by atoms with Gasteiger partial charge in [0.05, 0.1) is 15.3 Å². The summed E-state index contributed by atoms with van der Waals surface area (Å²) in [6.07, 6.45) is 1.26. The lowest BCUT2D eigenvalue weighted by atomic mass is 10.0. The molecule has 0 saturated heterocycles. The summed E-state index contributed by atoms with van der Waals surface area (Å²) in [5.74, 6) is -0.505. The van der Waals surface area contributed by atoms with E-state index in [1.54, 1.807) is 24.3 Å². The molecule has 1 aromatic heterocycles. The van der Waals surface area contributed by atoms with Crippen LogP contribution in [0.5, 0.6) is 0 Å². The van der Waals surface area contributed by atoms with Crippen molar-refractivity contribution < 1.29 is 12.8 Å². The van der Waals surface area contributed by atoms with Crippen LogP contribution in [-0.4, -0.2) is 13.4 Å². The summed E-state index contributed by atoms with van der Waals surface area (Å²) in [6, 6.07) is 14.7. The molecule has 0 amide bonds. The number of hydrogen-bond acceptors (Lipinski definition) is 3. The Morgan fingerprint density at radius 1 is 0.793 bits per heavy atom. The van der Waals surface area contributed by atoms with Gasteiger partial charge in [-0.05, 0) is 54.1 Å². The second-order valence-electron chi connectivity index (χ2n) is 6.27. The summed E-state index contributed by atoms with van der Waals surface area (Å²) >= 11 is 18.0. The first kappa shape index (κ1) is 20.1. The van der Waals surface area contributed by atoms with Crippen molar-refractivity contribution in [2.75, 3.05) is 0 Å². The van der Waals surface area contributed by atoms with E-state index in [1.165, 1.54) is 42.6 Å². The van der Waals surface area contributed by atoms with E-state index in [4.69, 9.17) is 34.8 Å². The lowest BCUT2D eigenvalue weighted by molar-refractivity contribution is 0.596. The molecule has 1 heterocycles. The maximum Gasteiger partial charge on any atom is 0.208 e. The first-order valence-electron chi connectivity index (χ1n) is 8.31. The quantitative estimate of drug-likeness (QED) is 0.332. The Hall–Kier alpha value is -2.18. The molecule has 0 radical (unpaired) electrons. The van der Waals surface area contributed by atoms with Crippen molar-refractivity contribution in [1.29, 1.82) is 0 Å². The molecule has 0 aliphatic rings. The fourth-order valence-electron chi connectivity index (χ4n) is 3.08. The number of rotatable bonds is 3. The number of halogens is 4. The largest absolute Gasteiger partial charge is 0.255 e. The van der Waals surface area contributed by atoms with Crippen LogP contribution in [0.25, 0.3) is 22.0 Å². The highest BCUT2D eigenvalue weighted by molar-refractivity contribution is 7.91. The molecular weight excluding hydrogens is 456 g/mol. The topological polar surface area (TPSA) is 47.0 Å². The van der Waals surface area contributed by atoms with Crippen molar-refractivity contribution in [3.05, 3.63) is 87.7 Å². The fourth-order valence-corrected chi connectivity index (χ4v) is 5.36. The molecule has 3 nitrogen and oxygen atoms in total. The van der Waals surface area contributed by atoms with Crippen molar-refractivity contribution in [2.45, 2.75) is 9.79 Å². The Bertz CT molecular complexity index is 1340. The maximum absolute atomic E-state index is 14.0. The molecule has 4 rings (SSSR count). The highest BCUT2D eigenvalue weighted by Crippen LogP contribution is 2.38. The third kappa shape index (κ3) is 3.83. The van der Waals surface area contributed by atoms with Crippen molar-refractivity contribution in [3.8, 4) is 11.1 Å². The van der Waals surface area contributed by atoms with E-state index in [0.717, 1.165) is 0 Å². The number of fused-ring (bicyclic) bond motifs is 1. The number of hydrogen-bond donors (Lipinski definition) is 0. The molecule has 0 spiro atoms. The lowest BCUT2D eigenvalue weighted by Crippen LogP contribution is -2.06. The van der Waals surface area contributed by atoms with Gasteiger partial charge >= 0.3 is 0 Å². The van der Waals surface area contributed by atoms with Crippen LogP contribution >= 0.6 is 34.8 Å². The average Bonchev–Trinajstić information content (AvgIpc) is 2.67. The van der Waals surface area contributed by atoms with Crippen LogP contribution in [0.2, 0.25) is 15.1 Å². The molecule has 3 aromatic carbocycles. The summed E-state index contributed by atoms with van der Waals surface area (Å²) < 4.78 is 40.9. The van der Waals surface area contributed by atoms with Gasteiger partial charge in [-0.15, -0.1) is 0 Å². The fraction of sp³-hybridized carbons (Fsp3) is 0. The Labute approximate surface area is 181 Å². The van der Waals surface area contributed by atoms with Crippen LogP contribution in [0.3, 0.4) is 0 Å². The van der Waals surface area contributed by atoms with Gasteiger partial charge in [0.2, 0.25) is 9.84 Å². The Morgan fingerprint density at radius 3 is 2.10 bits per heavy atom. The average molecular weight is 467 g/mol. The zero-order valence-electron chi connectivity index (χ0n) is 14.5. The van der Waals surface area contributed by atoms with Gasteiger partial charge in [-0.25, -0.2) is 12.8 Å². The Kier molecular flexibility index (Phi) is 5.25. The van der Waals surface area contributed by atoms with Gasteiger partial charge in [-0.1, -0.05) is 46.9 Å². The van der Waals surface area contributed by atoms with Gasteiger partial charge in [-0.2, -0.15) is 0 Å². The molecule has 0 bridgehead atoms. The van der Waals surface area contributed by atoms with Gasteiger partial charge in [0.15, 0.2) is 0 Å². The molecule has 0 aliphatic heterocycles. The monoisotopic (exact) mass is 465 g/mol. The van der Waals surface area contributed by atoms with Crippen LogP contribution in [0.4, 0.5) is 4.39 Å². The van der Waals surface area contributed by atoms with E-state index >= 15 is 0 Å². The van der Waals surface area contributed by atoms with E-state index in [-0.39, 0.29) is 19.8 Å². The molecule has 8 heteroatoms. The molecule has 0 unspecified atom stereocenters. The normalized spacial score (nSPS) is 11.7. The summed E-state index contributed by atoms with van der Waals surface area (Å²) in [5, 5.41) is 1.22. The Morgan fingerprint density at radius 2 is 1.45 bits per heavy atom. The summed E-state index contributed by atoms with van der Waals surface area (Å²) in [6.45, 7) is 0. The van der Waals surface area contributed by atoms with Gasteiger partial charge in [0.1, 0.15) is 5.82 Å². The van der Waals surface area contributed by atoms with E-state index in [1.807, 2.05) is 0 Å². The lowest BCUT2D eigenvalue weighted by Gasteiger charge is -2.14. The van der Waals surface area contributed by atoms with Gasteiger partial charge in [-0.3, -0.25) is 4.98 Å². The number of nitrogens with zero attached hydrogens (tertiary/aromatic N) is 1. The number of sulfone groups is 1. The minimum absolute atomic E-state index is 0.0808. The minimum atomic E-state index is -4.06. The second-order valence-corrected chi connectivity index (χ2v) is 9.50. The summed E-state index contributed by atoms with van der Waals surface area (Å²) in [5.41, 5.74) is 1.33. The second kappa shape index (κ2) is 7.58. The molecule has 0 saturated carbocycles. The van der Waals surface area contributed by atoms with Crippen molar-refractivity contribution in [2.24, 2.45) is 0 Å². The molecule has 0 aliphatic carbocycles. The zero-order valence-corrected chi connectivity index (χ0v) is 17.6. The molecular formula is C21H11Cl3FNO2S. The predicted octanol–water partition coefficient (Wildman–Crippen LogP) is 6.83. The van der Waals surface area contributed by atoms with Crippen LogP contribution in [0, 0.1) is 5.82 Å². The third-order valence-electron chi connectivity index (χ3n) is 4.36. The molecule has 29 heavy (non-hydrogen) atoms. The Balaban J connectivity index is 2.09. The van der Waals surface area contributed by atoms with Crippen LogP contribution in [-0.2, 0) is 9.84 Å². The summed E-state index contributed by atoms with van der Waals surface area (Å²) in [4.78, 5) is 4.06. The first-order chi connectivity index (χ1) is 13.8. The van der Waals surface area contributed by atoms with E-state index in [9.17, 15) is 12.8 Å². The van der Waals surface area contributed by atoms with E-state index in [2.05, 4.69) is 4.98 Å². The highest BCUT2D eigenvalue weighted by atomic mass is 35.5. The first-order valence-corrected chi connectivity index (χ1v) is 10.9. The standard InChI is InChI=1S/C21H11Cl3FNO2S/c22-13-3-1-12(2-4-13)21-18-10-16(25)5-6-19(18)26-11-20(21)29(27,28)17-8-14(23)7-15(24)9-17/h1-11H.